The van der Waals surface area contributed by atoms with Crippen LogP contribution in [0.25, 0.3) is 27.9 Å². The number of hydrogen-bond acceptors (Lipinski definition) is 7. The fourth-order valence-corrected chi connectivity index (χ4v) is 4.05. The summed E-state index contributed by atoms with van der Waals surface area (Å²) >= 11 is 0. The van der Waals surface area contributed by atoms with Gasteiger partial charge in [0.25, 0.3) is 0 Å². The van der Waals surface area contributed by atoms with Crippen LogP contribution < -0.4 is 5.32 Å². The van der Waals surface area contributed by atoms with Crippen molar-refractivity contribution in [1.29, 1.82) is 0 Å². The second-order valence-corrected chi connectivity index (χ2v) is 10.0. The van der Waals surface area contributed by atoms with Crippen molar-refractivity contribution in [2.75, 3.05) is 0 Å². The van der Waals surface area contributed by atoms with Crippen LogP contribution in [0.15, 0.2) is 53.7 Å². The zero-order chi connectivity index (χ0) is 27.0. The Morgan fingerprint density at radius 2 is 1.89 bits per heavy atom. The van der Waals surface area contributed by atoms with Crippen LogP contribution in [0.3, 0.4) is 0 Å². The lowest BCUT2D eigenvalue weighted by Crippen LogP contribution is -2.24. The van der Waals surface area contributed by atoms with E-state index in [1.54, 1.807) is 33.6 Å². The summed E-state index contributed by atoms with van der Waals surface area (Å²) in [6, 6.07) is 7.12. The Balaban J connectivity index is 1.43. The first-order valence-electron chi connectivity index (χ1n) is 11.9. The molecule has 4 aromatic heterocycles. The average molecular weight is 521 g/mol. The second-order valence-electron chi connectivity index (χ2n) is 10.0. The van der Waals surface area contributed by atoms with Crippen molar-refractivity contribution in [2.45, 2.75) is 45.6 Å². The Bertz CT molecular complexity index is 1610. The van der Waals surface area contributed by atoms with E-state index in [0.717, 1.165) is 16.6 Å². The third-order valence-electron chi connectivity index (χ3n) is 6.03. The number of carbonyl (C=O) groups is 1. The molecule has 1 aromatic carbocycles. The van der Waals surface area contributed by atoms with E-state index in [9.17, 15) is 13.6 Å². The van der Waals surface area contributed by atoms with Gasteiger partial charge in [-0.25, -0.2) is 18.3 Å². The molecule has 196 valence electrons. The smallest absolute Gasteiger partial charge is 0.315 e. The van der Waals surface area contributed by atoms with Crippen molar-refractivity contribution < 1.29 is 18.1 Å². The van der Waals surface area contributed by atoms with E-state index in [-0.39, 0.29) is 17.9 Å². The van der Waals surface area contributed by atoms with Gasteiger partial charge in [0.2, 0.25) is 6.43 Å². The quantitative estimate of drug-likeness (QED) is 0.342. The minimum Gasteiger partial charge on any atom is -0.344 e. The molecule has 0 aliphatic heterocycles. The largest absolute Gasteiger partial charge is 0.344 e. The summed E-state index contributed by atoms with van der Waals surface area (Å²) in [5.41, 5.74) is 4.37. The number of carbonyl (C=O) groups excluding carboxylic acids is 1. The molecule has 4 heterocycles. The van der Waals surface area contributed by atoms with E-state index < -0.39 is 18.8 Å². The summed E-state index contributed by atoms with van der Waals surface area (Å²) < 4.78 is 35.5. The first-order chi connectivity index (χ1) is 18.1. The van der Waals surface area contributed by atoms with Crippen molar-refractivity contribution in [3.63, 3.8) is 0 Å². The number of benzene rings is 1. The van der Waals surface area contributed by atoms with Crippen LogP contribution in [-0.4, -0.2) is 46.9 Å². The first-order valence-corrected chi connectivity index (χ1v) is 11.9. The van der Waals surface area contributed by atoms with Crippen LogP contribution >= 0.6 is 0 Å². The van der Waals surface area contributed by atoms with Crippen molar-refractivity contribution in [3.8, 4) is 22.4 Å². The molecule has 10 nitrogen and oxygen atoms in total. The molecule has 12 heteroatoms. The number of rotatable bonds is 7. The van der Waals surface area contributed by atoms with Gasteiger partial charge in [-0.05, 0) is 23.3 Å². The topological polar surface area (TPSA) is 116 Å². The maximum atomic E-state index is 13.5. The minimum absolute atomic E-state index is 0.0177. The number of hydrogen-bond donors (Lipinski definition) is 1. The third-order valence-corrected chi connectivity index (χ3v) is 6.03. The van der Waals surface area contributed by atoms with Crippen LogP contribution in [0, 0.1) is 0 Å². The summed E-state index contributed by atoms with van der Waals surface area (Å²) in [4.78, 5) is 21.1. The highest BCUT2D eigenvalue weighted by atomic mass is 19.3. The number of fused-ring (bicyclic) bond motifs is 1. The molecule has 0 radical (unpaired) electrons. The molecule has 0 aliphatic carbocycles. The van der Waals surface area contributed by atoms with Crippen LogP contribution in [0.2, 0.25) is 0 Å². The van der Waals surface area contributed by atoms with Crippen molar-refractivity contribution in [1.82, 2.24) is 39.8 Å². The summed E-state index contributed by atoms with van der Waals surface area (Å²) in [5, 5.41) is 15.0. The summed E-state index contributed by atoms with van der Waals surface area (Å²) in [5.74, 6) is -0.352. The molecule has 5 rings (SSSR count). The lowest BCUT2D eigenvalue weighted by Gasteiger charge is -2.13. The second kappa shape index (κ2) is 9.77. The molecule has 5 aromatic rings. The van der Waals surface area contributed by atoms with Gasteiger partial charge in [0, 0.05) is 54.5 Å². The van der Waals surface area contributed by atoms with Crippen LogP contribution in [0.5, 0.6) is 0 Å². The number of aryl methyl sites for hydroxylation is 1. The predicted molar refractivity (Wildman–Crippen MR) is 135 cm³/mol. The van der Waals surface area contributed by atoms with E-state index in [1.165, 1.54) is 6.33 Å². The highest BCUT2D eigenvalue weighted by Gasteiger charge is 2.24. The Hall–Kier alpha value is -4.48. The number of nitrogens with zero attached hydrogens (tertiary/aromatic N) is 7. The SMILES string of the molecule is Cn1cc(-c2cc3c(-c4ccc(CNC(=O)c5nc(C(C)(C)C)no5)c(CC(F)F)c4)ncnn3c2)cn1. The van der Waals surface area contributed by atoms with Crippen LogP contribution in [-0.2, 0) is 25.4 Å². The van der Waals surface area contributed by atoms with Gasteiger partial charge in [-0.2, -0.15) is 15.2 Å². The van der Waals surface area contributed by atoms with Crippen molar-refractivity contribution >= 4 is 11.4 Å². The first kappa shape index (κ1) is 25.2. The van der Waals surface area contributed by atoms with E-state index in [1.807, 2.05) is 46.3 Å². The number of nitrogens with one attached hydrogen (secondary N) is 1. The average Bonchev–Trinajstić information content (AvgIpc) is 3.61. The molecule has 0 saturated carbocycles. The Morgan fingerprint density at radius 3 is 2.58 bits per heavy atom. The lowest BCUT2D eigenvalue weighted by molar-refractivity contribution is 0.0907. The normalized spacial score (nSPS) is 12.0. The summed E-state index contributed by atoms with van der Waals surface area (Å²) in [6.45, 7) is 5.72. The van der Waals surface area contributed by atoms with Gasteiger partial charge < -0.3 is 9.84 Å². The van der Waals surface area contributed by atoms with E-state index in [2.05, 4.69) is 30.6 Å². The van der Waals surface area contributed by atoms with Gasteiger partial charge in [-0.1, -0.05) is 38.1 Å². The van der Waals surface area contributed by atoms with Gasteiger partial charge in [0.05, 0.1) is 17.4 Å². The van der Waals surface area contributed by atoms with Crippen LogP contribution in [0.1, 0.15) is 48.4 Å². The molecule has 0 unspecified atom stereocenters. The van der Waals surface area contributed by atoms with Gasteiger partial charge >= 0.3 is 11.8 Å². The molecule has 1 N–H and O–H groups in total. The third kappa shape index (κ3) is 5.15. The van der Waals surface area contributed by atoms with Crippen LogP contribution in [0.4, 0.5) is 8.78 Å². The van der Waals surface area contributed by atoms with E-state index in [4.69, 9.17) is 4.52 Å². The monoisotopic (exact) mass is 520 g/mol. The predicted octanol–water partition coefficient (Wildman–Crippen LogP) is 4.21. The molecule has 38 heavy (non-hydrogen) atoms. The highest BCUT2D eigenvalue weighted by molar-refractivity contribution is 5.89. The molecule has 1 amide bonds. The van der Waals surface area contributed by atoms with Gasteiger partial charge in [-0.3, -0.25) is 9.48 Å². The molecule has 0 spiro atoms. The fourth-order valence-electron chi connectivity index (χ4n) is 4.05. The Kier molecular flexibility index (Phi) is 6.47. The molecule has 0 saturated heterocycles. The standard InChI is InChI=1S/C26H26F2N8O2/c1-26(2,3)25-33-24(38-34-25)23(37)29-10-16-6-5-15(7-17(16)9-21(27)28)22-20-8-18(13-36(20)32-14-30-22)19-11-31-35(4)12-19/h5-8,11-14,21H,9-10H2,1-4H3,(H,29,37). The molecule has 0 bridgehead atoms. The number of amides is 1. The molecular formula is C26H26F2N8O2. The zero-order valence-electron chi connectivity index (χ0n) is 21.3. The number of aromatic nitrogens is 7. The molecule has 0 fully saturated rings. The fraction of sp³-hybridized carbons (Fsp3) is 0.308. The van der Waals surface area contributed by atoms with Crippen molar-refractivity contribution in [2.24, 2.45) is 7.05 Å². The lowest BCUT2D eigenvalue weighted by atomic mass is 9.96. The summed E-state index contributed by atoms with van der Waals surface area (Å²) in [6.07, 6.45) is 3.89. The number of halogens is 2. The van der Waals surface area contributed by atoms with Crippen molar-refractivity contribution in [3.05, 3.63) is 72.0 Å². The maximum absolute atomic E-state index is 13.5. The van der Waals surface area contributed by atoms with E-state index >= 15 is 0 Å². The molecular weight excluding hydrogens is 494 g/mol. The maximum Gasteiger partial charge on any atom is 0.315 e. The van der Waals surface area contributed by atoms with E-state index in [0.29, 0.717) is 28.2 Å². The van der Waals surface area contributed by atoms with Gasteiger partial charge in [0.1, 0.15) is 6.33 Å². The highest BCUT2D eigenvalue weighted by Crippen LogP contribution is 2.29. The minimum atomic E-state index is -2.57. The zero-order valence-corrected chi connectivity index (χ0v) is 21.3. The Labute approximate surface area is 216 Å². The summed E-state index contributed by atoms with van der Waals surface area (Å²) in [7, 11) is 1.84. The molecule has 0 atom stereocenters. The van der Waals surface area contributed by atoms with Gasteiger partial charge in [0.15, 0.2) is 5.82 Å². The number of alkyl halides is 2. The molecule has 0 aliphatic rings. The Morgan fingerprint density at radius 1 is 1.08 bits per heavy atom. The van der Waals surface area contributed by atoms with Gasteiger partial charge in [-0.15, -0.1) is 0 Å².